The van der Waals surface area contributed by atoms with Crippen LogP contribution in [0.1, 0.15) is 18.4 Å². The second kappa shape index (κ2) is 14.7. The van der Waals surface area contributed by atoms with Gasteiger partial charge in [-0.3, -0.25) is 10.1 Å². The molecule has 2 atom stereocenters. The number of hydrogen-bond donors (Lipinski definition) is 2. The van der Waals surface area contributed by atoms with Crippen molar-refractivity contribution in [3.63, 3.8) is 0 Å². The van der Waals surface area contributed by atoms with E-state index >= 15 is 0 Å². The summed E-state index contributed by atoms with van der Waals surface area (Å²) in [7, 11) is 3.30. The van der Waals surface area contributed by atoms with E-state index in [1.165, 1.54) is 0 Å². The molecule has 264 valence electrons. The van der Waals surface area contributed by atoms with Crippen molar-refractivity contribution in [2.75, 3.05) is 47.2 Å². The Morgan fingerprint density at radius 2 is 1.29 bits per heavy atom. The second-order valence-corrected chi connectivity index (χ2v) is 12.4. The molecule has 14 heteroatoms. The van der Waals surface area contributed by atoms with Crippen molar-refractivity contribution in [1.29, 1.82) is 0 Å². The molecule has 3 aliphatic rings. The van der Waals surface area contributed by atoms with E-state index in [1.54, 1.807) is 26.6 Å². The summed E-state index contributed by atoms with van der Waals surface area (Å²) in [5, 5.41) is 15.6. The van der Waals surface area contributed by atoms with Gasteiger partial charge in [0, 0.05) is 35.7 Å². The lowest BCUT2D eigenvalue weighted by Gasteiger charge is -2.18. The summed E-state index contributed by atoms with van der Waals surface area (Å²) >= 11 is 0. The number of benzene rings is 3. The van der Waals surface area contributed by atoms with Gasteiger partial charge in [-0.05, 0) is 72.8 Å². The maximum absolute atomic E-state index is 6.23. The van der Waals surface area contributed by atoms with E-state index in [1.807, 2.05) is 87.3 Å². The number of ether oxygens (including phenoxy) is 6. The third kappa shape index (κ3) is 7.06. The molecule has 0 spiro atoms. The predicted octanol–water partition coefficient (Wildman–Crippen LogP) is 4.44. The second-order valence-electron chi connectivity index (χ2n) is 12.4. The number of hydrazine groups is 2. The zero-order valence-electron chi connectivity index (χ0n) is 28.5. The van der Waals surface area contributed by atoms with Gasteiger partial charge in [-0.25, -0.2) is 10.2 Å². The molecular weight excluding hydrogens is 652 g/mol. The molecule has 5 heterocycles. The number of nitrogens with zero attached hydrogens (tertiary/aromatic N) is 6. The van der Waals surface area contributed by atoms with Crippen LogP contribution in [0.3, 0.4) is 0 Å². The normalized spacial score (nSPS) is 18.7. The summed E-state index contributed by atoms with van der Waals surface area (Å²) in [5.41, 5.74) is 12.1. The minimum atomic E-state index is 0.0119. The van der Waals surface area contributed by atoms with Gasteiger partial charge in [0.2, 0.25) is 0 Å². The Kier molecular flexibility index (Phi) is 9.42. The maximum atomic E-state index is 6.23. The third-order valence-electron chi connectivity index (χ3n) is 9.09. The van der Waals surface area contributed by atoms with E-state index in [-0.39, 0.29) is 12.2 Å². The largest absolute Gasteiger partial charge is 0.493 e. The third-order valence-corrected chi connectivity index (χ3v) is 9.09. The van der Waals surface area contributed by atoms with Crippen LogP contribution in [0.25, 0.3) is 28.2 Å². The smallest absolute Gasteiger partial charge is 0.170 e. The van der Waals surface area contributed by atoms with Crippen molar-refractivity contribution >= 4 is 5.84 Å². The van der Waals surface area contributed by atoms with E-state index in [0.717, 1.165) is 46.6 Å². The van der Waals surface area contributed by atoms with Crippen LogP contribution < -0.4 is 29.9 Å². The first-order chi connectivity index (χ1) is 25.1. The van der Waals surface area contributed by atoms with Crippen LogP contribution in [-0.2, 0) is 16.0 Å². The monoisotopic (exact) mass is 692 g/mol. The highest BCUT2D eigenvalue weighted by Gasteiger charge is 2.22. The maximum Gasteiger partial charge on any atom is 0.170 e. The van der Waals surface area contributed by atoms with Gasteiger partial charge < -0.3 is 28.4 Å². The Bertz CT molecular complexity index is 1980. The molecule has 3 aliphatic heterocycles. The fourth-order valence-corrected chi connectivity index (χ4v) is 6.39. The van der Waals surface area contributed by atoms with Crippen LogP contribution in [0.4, 0.5) is 0 Å². The minimum absolute atomic E-state index is 0.0119. The van der Waals surface area contributed by atoms with E-state index in [4.69, 9.17) is 28.4 Å². The summed E-state index contributed by atoms with van der Waals surface area (Å²) in [4.78, 5) is 0. The molecular formula is C37H40N8O6. The van der Waals surface area contributed by atoms with Gasteiger partial charge in [0.1, 0.15) is 12.2 Å². The zero-order chi connectivity index (χ0) is 34.6. The predicted molar refractivity (Wildman–Crippen MR) is 189 cm³/mol. The number of rotatable bonds is 13. The van der Waals surface area contributed by atoms with Gasteiger partial charge in [0.25, 0.3) is 0 Å². The average Bonchev–Trinajstić information content (AvgIpc) is 4.02. The molecule has 2 saturated heterocycles. The summed E-state index contributed by atoms with van der Waals surface area (Å²) in [6.07, 6.45) is 5.34. The minimum Gasteiger partial charge on any atom is -0.493 e. The summed E-state index contributed by atoms with van der Waals surface area (Å²) in [6.45, 7) is 3.78. The molecule has 0 aliphatic carbocycles. The van der Waals surface area contributed by atoms with Crippen LogP contribution in [0.2, 0.25) is 0 Å². The van der Waals surface area contributed by atoms with Gasteiger partial charge in [-0.2, -0.15) is 10.2 Å². The molecule has 3 aromatic carbocycles. The number of hydrogen-bond acceptors (Lipinski definition) is 12. The topological polar surface area (TPSA) is 131 Å². The Morgan fingerprint density at radius 3 is 1.92 bits per heavy atom. The van der Waals surface area contributed by atoms with Gasteiger partial charge in [-0.15, -0.1) is 10.2 Å². The van der Waals surface area contributed by atoms with Crippen LogP contribution in [-0.4, -0.2) is 89.9 Å². The molecule has 0 radical (unpaired) electrons. The first kappa shape index (κ1) is 32.6. The van der Waals surface area contributed by atoms with E-state index in [0.29, 0.717) is 68.4 Å². The molecule has 51 heavy (non-hydrogen) atoms. The number of methoxy groups -OCH3 is 2. The number of amidine groups is 1. The van der Waals surface area contributed by atoms with Gasteiger partial charge in [-0.1, -0.05) is 0 Å². The molecule has 14 nitrogen and oxygen atoms in total. The van der Waals surface area contributed by atoms with E-state index in [2.05, 4.69) is 26.3 Å². The van der Waals surface area contributed by atoms with Crippen LogP contribution >= 0.6 is 0 Å². The highest BCUT2D eigenvalue weighted by Crippen LogP contribution is 2.36. The average molecular weight is 693 g/mol. The molecule has 5 aromatic rings. The van der Waals surface area contributed by atoms with Gasteiger partial charge in [0.05, 0.1) is 77.0 Å². The lowest BCUT2D eigenvalue weighted by atomic mass is 10.1. The number of hydrazone groups is 1. The van der Waals surface area contributed by atoms with Crippen LogP contribution in [0, 0.1) is 0 Å². The van der Waals surface area contributed by atoms with Crippen molar-refractivity contribution in [2.24, 2.45) is 5.10 Å². The van der Waals surface area contributed by atoms with Crippen LogP contribution in [0.15, 0.2) is 90.3 Å². The Hall–Kier alpha value is -5.57. The fraction of sp³-hybridized carbons (Fsp3) is 0.324. The molecule has 0 saturated carbocycles. The molecule has 2 aromatic heterocycles. The SMILES string of the molecule is COc1ccc(-c2ccnn2CCN2NN=C(c3ccc(-n4nccc4-c4ccc(OC)c(O[C@@H]5CCOC5)c4)cc3)N2)cc1O[C@@H]1CCOC1. The summed E-state index contributed by atoms with van der Waals surface area (Å²) in [5.74, 6) is 3.48. The van der Waals surface area contributed by atoms with E-state index in [9.17, 15) is 0 Å². The highest BCUT2D eigenvalue weighted by atomic mass is 16.6. The molecule has 0 amide bonds. The fourth-order valence-electron chi connectivity index (χ4n) is 6.39. The zero-order valence-corrected chi connectivity index (χ0v) is 28.5. The lowest BCUT2D eigenvalue weighted by Crippen LogP contribution is -2.43. The van der Waals surface area contributed by atoms with Gasteiger partial charge >= 0.3 is 0 Å². The van der Waals surface area contributed by atoms with Crippen molar-refractivity contribution in [3.05, 3.63) is 90.8 Å². The molecule has 0 bridgehead atoms. The first-order valence-corrected chi connectivity index (χ1v) is 17.0. The molecule has 8 rings (SSSR count). The lowest BCUT2D eigenvalue weighted by molar-refractivity contribution is 0.138. The molecule has 2 N–H and O–H groups in total. The molecule has 0 unspecified atom stereocenters. The van der Waals surface area contributed by atoms with Crippen molar-refractivity contribution in [1.82, 2.24) is 35.6 Å². The number of nitrogens with one attached hydrogen (secondary N) is 2. The van der Waals surface area contributed by atoms with Crippen LogP contribution in [0.5, 0.6) is 23.0 Å². The number of aromatic nitrogens is 4. The standard InChI is InChI=1S/C37H40N8O6/c1-46-33-9-5-26(21-35(33)50-29-13-19-48-23-29)31-11-15-38-43(31)17-18-44-41-37(40-42-44)25-3-7-28(8-4-25)45-32(12-16-39-45)27-6-10-34(47-2)36(22-27)51-30-14-20-49-24-30/h3-12,15-16,21-22,29-30,42H,13-14,17-20,23-24H2,1-2H3,(H,40,41)/t29-,30-/m1/s1. The Balaban J connectivity index is 0.906. The highest BCUT2D eigenvalue weighted by molar-refractivity contribution is 5.99. The van der Waals surface area contributed by atoms with Crippen molar-refractivity contribution in [2.45, 2.75) is 31.6 Å². The molecule has 2 fully saturated rings. The Labute approximate surface area is 295 Å². The first-order valence-electron chi connectivity index (χ1n) is 17.0. The summed E-state index contributed by atoms with van der Waals surface area (Å²) < 4.78 is 38.4. The van der Waals surface area contributed by atoms with Gasteiger partial charge in [0.15, 0.2) is 28.8 Å². The van der Waals surface area contributed by atoms with Crippen molar-refractivity contribution in [3.8, 4) is 51.2 Å². The van der Waals surface area contributed by atoms with E-state index < -0.39 is 0 Å². The Morgan fingerprint density at radius 1 is 0.686 bits per heavy atom. The quantitative estimate of drug-likeness (QED) is 0.182. The van der Waals surface area contributed by atoms with Crippen molar-refractivity contribution < 1.29 is 28.4 Å². The summed E-state index contributed by atoms with van der Waals surface area (Å²) in [6, 6.07) is 24.0.